The molecule has 0 spiro atoms. The van der Waals surface area contributed by atoms with Crippen molar-refractivity contribution in [3.63, 3.8) is 0 Å². The highest BCUT2D eigenvalue weighted by Gasteiger charge is 2.17. The van der Waals surface area contributed by atoms with Gasteiger partial charge >= 0.3 is 5.97 Å². The van der Waals surface area contributed by atoms with E-state index in [1.165, 1.54) is 0 Å². The quantitative estimate of drug-likeness (QED) is 0.550. The number of ether oxygens (including phenoxy) is 3. The van der Waals surface area contributed by atoms with Gasteiger partial charge in [0.15, 0.2) is 18.1 Å². The van der Waals surface area contributed by atoms with Gasteiger partial charge in [0.25, 0.3) is 5.91 Å². The minimum absolute atomic E-state index is 0.294. The number of hydrogen-bond acceptors (Lipinski definition) is 7. The largest absolute Gasteiger partial charge is 0.490 e. The molecule has 2 aromatic rings. The zero-order valence-corrected chi connectivity index (χ0v) is 19.6. The predicted octanol–water partition coefficient (Wildman–Crippen LogP) is 3.42. The fourth-order valence-corrected chi connectivity index (χ4v) is 3.67. The molecule has 0 aromatic heterocycles. The number of likely N-dealkylation sites (N-methyl/N-ethyl adjacent to an activating group) is 1. The third-order valence-corrected chi connectivity index (χ3v) is 5.45. The second-order valence-electron chi connectivity index (χ2n) is 7.62. The molecule has 0 atom stereocenters. The van der Waals surface area contributed by atoms with E-state index in [1.54, 1.807) is 18.2 Å². The number of nitrogens with one attached hydrogen (secondary N) is 1. The maximum absolute atomic E-state index is 12.4. The van der Waals surface area contributed by atoms with Gasteiger partial charge in [0.1, 0.15) is 0 Å². The summed E-state index contributed by atoms with van der Waals surface area (Å²) in [5.74, 6) is 0.0260. The second-order valence-corrected chi connectivity index (χ2v) is 7.62. The fourth-order valence-electron chi connectivity index (χ4n) is 3.67. The minimum atomic E-state index is -0.601. The van der Waals surface area contributed by atoms with Crippen molar-refractivity contribution in [3.8, 4) is 11.5 Å². The van der Waals surface area contributed by atoms with E-state index in [1.807, 2.05) is 38.1 Å². The first-order chi connectivity index (χ1) is 16.0. The highest BCUT2D eigenvalue weighted by atomic mass is 16.5. The molecule has 1 saturated heterocycles. The number of hydrogen-bond donors (Lipinski definition) is 1. The van der Waals surface area contributed by atoms with Gasteiger partial charge in [0, 0.05) is 37.6 Å². The van der Waals surface area contributed by atoms with Crippen LogP contribution in [0.4, 0.5) is 11.4 Å². The maximum atomic E-state index is 12.4. The van der Waals surface area contributed by atoms with Crippen molar-refractivity contribution in [1.82, 2.24) is 4.90 Å². The molecule has 0 saturated carbocycles. The van der Waals surface area contributed by atoms with Gasteiger partial charge in [0.2, 0.25) is 0 Å². The summed E-state index contributed by atoms with van der Waals surface area (Å²) < 4.78 is 16.2. The number of benzene rings is 2. The Morgan fingerprint density at radius 2 is 1.55 bits per heavy atom. The van der Waals surface area contributed by atoms with Gasteiger partial charge in [-0.1, -0.05) is 6.92 Å². The number of carbonyl (C=O) groups is 2. The van der Waals surface area contributed by atoms with E-state index in [0.29, 0.717) is 36.0 Å². The molecule has 3 rings (SSSR count). The van der Waals surface area contributed by atoms with Gasteiger partial charge < -0.3 is 29.3 Å². The first-order valence-corrected chi connectivity index (χ1v) is 11.5. The van der Waals surface area contributed by atoms with Crippen LogP contribution in [0.5, 0.6) is 11.5 Å². The number of piperazine rings is 1. The molecule has 1 aliphatic heterocycles. The second kappa shape index (κ2) is 12.1. The number of anilines is 2. The van der Waals surface area contributed by atoms with Crippen LogP contribution >= 0.6 is 0 Å². The highest BCUT2D eigenvalue weighted by molar-refractivity contribution is 5.95. The van der Waals surface area contributed by atoms with Crippen LogP contribution in [0.3, 0.4) is 0 Å². The molecule has 0 bridgehead atoms. The number of carbonyl (C=O) groups excluding carboxylic acids is 2. The summed E-state index contributed by atoms with van der Waals surface area (Å²) >= 11 is 0. The summed E-state index contributed by atoms with van der Waals surface area (Å²) in [5.41, 5.74) is 2.09. The average molecular weight is 456 g/mol. The normalized spacial score (nSPS) is 14.0. The summed E-state index contributed by atoms with van der Waals surface area (Å²) in [6.07, 6.45) is 0. The third kappa shape index (κ3) is 6.86. The van der Waals surface area contributed by atoms with Crippen LogP contribution < -0.4 is 19.7 Å². The van der Waals surface area contributed by atoms with E-state index in [0.717, 1.165) is 38.4 Å². The molecule has 8 heteroatoms. The summed E-state index contributed by atoms with van der Waals surface area (Å²) in [7, 11) is 0. The number of nitrogens with zero attached hydrogens (tertiary/aromatic N) is 2. The van der Waals surface area contributed by atoms with Crippen molar-refractivity contribution in [2.75, 3.05) is 62.8 Å². The molecule has 0 unspecified atom stereocenters. The van der Waals surface area contributed by atoms with Crippen LogP contribution in [0, 0.1) is 0 Å². The van der Waals surface area contributed by atoms with Crippen molar-refractivity contribution in [1.29, 1.82) is 0 Å². The molecule has 1 heterocycles. The SMILES string of the molecule is CCOc1ccc(C(=O)OCC(=O)Nc2ccc(N3CCN(CC)CC3)cc2)cc1OCC. The molecule has 2 aromatic carbocycles. The van der Waals surface area contributed by atoms with Crippen molar-refractivity contribution < 1.29 is 23.8 Å². The monoisotopic (exact) mass is 455 g/mol. The van der Waals surface area contributed by atoms with Crippen LogP contribution in [0.25, 0.3) is 0 Å². The minimum Gasteiger partial charge on any atom is -0.490 e. The summed E-state index contributed by atoms with van der Waals surface area (Å²) in [6, 6.07) is 12.5. The van der Waals surface area contributed by atoms with E-state index in [-0.39, 0.29) is 6.61 Å². The zero-order valence-electron chi connectivity index (χ0n) is 19.6. The predicted molar refractivity (Wildman–Crippen MR) is 128 cm³/mol. The molecule has 33 heavy (non-hydrogen) atoms. The smallest absolute Gasteiger partial charge is 0.338 e. The molecular weight excluding hydrogens is 422 g/mol. The van der Waals surface area contributed by atoms with Gasteiger partial charge in [-0.3, -0.25) is 4.79 Å². The fraction of sp³-hybridized carbons (Fsp3) is 0.440. The molecule has 1 N–H and O–H groups in total. The lowest BCUT2D eigenvalue weighted by Crippen LogP contribution is -2.46. The van der Waals surface area contributed by atoms with Crippen molar-refractivity contribution in [3.05, 3.63) is 48.0 Å². The highest BCUT2D eigenvalue weighted by Crippen LogP contribution is 2.29. The topological polar surface area (TPSA) is 80.3 Å². The van der Waals surface area contributed by atoms with Crippen LogP contribution in [0.2, 0.25) is 0 Å². The van der Waals surface area contributed by atoms with Crippen molar-refractivity contribution in [2.24, 2.45) is 0 Å². The van der Waals surface area contributed by atoms with Crippen LogP contribution in [0.15, 0.2) is 42.5 Å². The Bertz CT molecular complexity index is 924. The first kappa shape index (κ1) is 24.4. The summed E-state index contributed by atoms with van der Waals surface area (Å²) in [4.78, 5) is 29.4. The Labute approximate surface area is 195 Å². The Hall–Kier alpha value is -3.26. The summed E-state index contributed by atoms with van der Waals surface area (Å²) in [5, 5.41) is 2.77. The number of amides is 1. The van der Waals surface area contributed by atoms with Gasteiger partial charge in [-0.2, -0.15) is 0 Å². The molecule has 1 fully saturated rings. The van der Waals surface area contributed by atoms with Gasteiger partial charge in [-0.05, 0) is 62.9 Å². The van der Waals surface area contributed by atoms with Gasteiger partial charge in [-0.15, -0.1) is 0 Å². The van der Waals surface area contributed by atoms with Gasteiger partial charge in [0.05, 0.1) is 18.8 Å². The molecule has 0 radical (unpaired) electrons. The van der Waals surface area contributed by atoms with E-state index < -0.39 is 11.9 Å². The summed E-state index contributed by atoms with van der Waals surface area (Å²) in [6.45, 7) is 11.6. The molecule has 0 aliphatic carbocycles. The van der Waals surface area contributed by atoms with E-state index in [4.69, 9.17) is 14.2 Å². The Morgan fingerprint density at radius 3 is 2.18 bits per heavy atom. The Kier molecular flexibility index (Phi) is 8.95. The molecular formula is C25H33N3O5. The van der Waals surface area contributed by atoms with Crippen LogP contribution in [-0.2, 0) is 9.53 Å². The third-order valence-electron chi connectivity index (χ3n) is 5.45. The van der Waals surface area contributed by atoms with Crippen LogP contribution in [0.1, 0.15) is 31.1 Å². The van der Waals surface area contributed by atoms with E-state index in [2.05, 4.69) is 22.0 Å². The Balaban J connectivity index is 1.50. The van der Waals surface area contributed by atoms with Crippen molar-refractivity contribution >= 4 is 23.3 Å². The molecule has 1 amide bonds. The number of esters is 1. The van der Waals surface area contributed by atoms with Gasteiger partial charge in [-0.25, -0.2) is 4.79 Å². The number of rotatable bonds is 10. The first-order valence-electron chi connectivity index (χ1n) is 11.5. The lowest BCUT2D eigenvalue weighted by molar-refractivity contribution is -0.119. The lowest BCUT2D eigenvalue weighted by Gasteiger charge is -2.35. The lowest BCUT2D eigenvalue weighted by atomic mass is 10.2. The van der Waals surface area contributed by atoms with Crippen molar-refractivity contribution in [2.45, 2.75) is 20.8 Å². The van der Waals surface area contributed by atoms with E-state index in [9.17, 15) is 9.59 Å². The average Bonchev–Trinajstić information content (AvgIpc) is 2.84. The molecule has 178 valence electrons. The van der Waals surface area contributed by atoms with E-state index >= 15 is 0 Å². The molecule has 8 nitrogen and oxygen atoms in total. The Morgan fingerprint density at radius 1 is 0.879 bits per heavy atom. The standard InChI is InChI=1S/C25H33N3O5/c1-4-27-13-15-28(16-14-27)21-10-8-20(9-11-21)26-24(29)18-33-25(30)19-7-12-22(31-5-2)23(17-19)32-6-3/h7-12,17H,4-6,13-16,18H2,1-3H3,(H,26,29). The maximum Gasteiger partial charge on any atom is 0.338 e. The van der Waals surface area contributed by atoms with Crippen LogP contribution in [-0.4, -0.2) is 69.3 Å². The molecule has 1 aliphatic rings. The zero-order chi connectivity index (χ0) is 23.6.